The number of benzene rings is 1. The SMILES string of the molecule is CC(C)(C)C(=O)N1CCC(NC(=O)CCCOc2ccccc2)CC1. The van der Waals surface area contributed by atoms with E-state index >= 15 is 0 Å². The number of piperidine rings is 1. The molecule has 1 aromatic rings. The first-order valence-electron chi connectivity index (χ1n) is 9.13. The minimum Gasteiger partial charge on any atom is -0.494 e. The summed E-state index contributed by atoms with van der Waals surface area (Å²) in [5, 5.41) is 3.08. The highest BCUT2D eigenvalue weighted by atomic mass is 16.5. The van der Waals surface area contributed by atoms with Crippen LogP contribution in [0.1, 0.15) is 46.5 Å². The summed E-state index contributed by atoms with van der Waals surface area (Å²) in [5.74, 6) is 1.09. The number of hydrogen-bond acceptors (Lipinski definition) is 3. The molecular formula is C20H30N2O3. The lowest BCUT2D eigenvalue weighted by Crippen LogP contribution is -2.49. The minimum absolute atomic E-state index is 0.0669. The first-order chi connectivity index (χ1) is 11.9. The minimum atomic E-state index is -0.338. The lowest BCUT2D eigenvalue weighted by atomic mass is 9.93. The summed E-state index contributed by atoms with van der Waals surface area (Å²) >= 11 is 0. The largest absolute Gasteiger partial charge is 0.494 e. The van der Waals surface area contributed by atoms with Crippen molar-refractivity contribution >= 4 is 11.8 Å². The predicted octanol–water partition coefficient (Wildman–Crippen LogP) is 3.00. The van der Waals surface area contributed by atoms with Gasteiger partial charge in [0, 0.05) is 31.0 Å². The van der Waals surface area contributed by atoms with E-state index in [9.17, 15) is 9.59 Å². The first-order valence-corrected chi connectivity index (χ1v) is 9.13. The molecule has 0 radical (unpaired) electrons. The van der Waals surface area contributed by atoms with Crippen LogP contribution in [0.25, 0.3) is 0 Å². The molecule has 5 heteroatoms. The summed E-state index contributed by atoms with van der Waals surface area (Å²) in [6.07, 6.45) is 2.82. The Hall–Kier alpha value is -2.04. The highest BCUT2D eigenvalue weighted by molar-refractivity contribution is 5.81. The van der Waals surface area contributed by atoms with Gasteiger partial charge in [-0.3, -0.25) is 9.59 Å². The van der Waals surface area contributed by atoms with Crippen LogP contribution in [0.3, 0.4) is 0 Å². The molecule has 2 rings (SSSR count). The normalized spacial score (nSPS) is 15.7. The Bertz CT molecular complexity index is 558. The number of carbonyl (C=O) groups is 2. The molecule has 0 bridgehead atoms. The van der Waals surface area contributed by atoms with E-state index in [0.717, 1.165) is 31.7 Å². The summed E-state index contributed by atoms with van der Waals surface area (Å²) in [5.41, 5.74) is -0.338. The van der Waals surface area contributed by atoms with Crippen LogP contribution in [0, 0.1) is 5.41 Å². The molecule has 0 spiro atoms. The van der Waals surface area contributed by atoms with Crippen LogP contribution in [0.15, 0.2) is 30.3 Å². The van der Waals surface area contributed by atoms with Crippen LogP contribution < -0.4 is 10.1 Å². The third-order valence-electron chi connectivity index (χ3n) is 4.35. The molecule has 1 N–H and O–H groups in total. The third kappa shape index (κ3) is 6.40. The molecule has 1 aromatic carbocycles. The van der Waals surface area contributed by atoms with E-state index in [2.05, 4.69) is 5.32 Å². The Kier molecular flexibility index (Phi) is 6.85. The number of rotatable bonds is 6. The lowest BCUT2D eigenvalue weighted by Gasteiger charge is -2.36. The Labute approximate surface area is 150 Å². The van der Waals surface area contributed by atoms with E-state index in [1.165, 1.54) is 0 Å². The molecule has 5 nitrogen and oxygen atoms in total. The smallest absolute Gasteiger partial charge is 0.227 e. The van der Waals surface area contributed by atoms with Gasteiger partial charge in [-0.05, 0) is 31.4 Å². The number of nitrogens with zero attached hydrogens (tertiary/aromatic N) is 1. The number of ether oxygens (including phenoxy) is 1. The van der Waals surface area contributed by atoms with Gasteiger partial charge in [-0.15, -0.1) is 0 Å². The van der Waals surface area contributed by atoms with Gasteiger partial charge in [0.05, 0.1) is 6.61 Å². The maximum absolute atomic E-state index is 12.3. The van der Waals surface area contributed by atoms with Crippen molar-refractivity contribution in [3.63, 3.8) is 0 Å². The van der Waals surface area contributed by atoms with Gasteiger partial charge in [0.15, 0.2) is 0 Å². The molecule has 0 aromatic heterocycles. The molecule has 138 valence electrons. The highest BCUT2D eigenvalue weighted by Crippen LogP contribution is 2.21. The maximum Gasteiger partial charge on any atom is 0.227 e. The number of para-hydroxylation sites is 1. The van der Waals surface area contributed by atoms with Gasteiger partial charge < -0.3 is 15.0 Å². The van der Waals surface area contributed by atoms with Crippen molar-refractivity contribution in [3.05, 3.63) is 30.3 Å². The van der Waals surface area contributed by atoms with Gasteiger partial charge >= 0.3 is 0 Å². The van der Waals surface area contributed by atoms with E-state index in [0.29, 0.717) is 19.4 Å². The van der Waals surface area contributed by atoms with Gasteiger partial charge in [0.25, 0.3) is 0 Å². The average molecular weight is 346 g/mol. The van der Waals surface area contributed by atoms with Crippen LogP contribution in [0.4, 0.5) is 0 Å². The fraction of sp³-hybridized carbons (Fsp3) is 0.600. The monoisotopic (exact) mass is 346 g/mol. The van der Waals surface area contributed by atoms with Crippen molar-refractivity contribution in [2.45, 2.75) is 52.5 Å². The fourth-order valence-corrected chi connectivity index (χ4v) is 2.94. The Morgan fingerprint density at radius 1 is 1.16 bits per heavy atom. The fourth-order valence-electron chi connectivity index (χ4n) is 2.94. The number of likely N-dealkylation sites (tertiary alicyclic amines) is 1. The van der Waals surface area contributed by atoms with Crippen molar-refractivity contribution in [1.82, 2.24) is 10.2 Å². The maximum atomic E-state index is 12.3. The molecule has 0 aliphatic carbocycles. The van der Waals surface area contributed by atoms with Crippen LogP contribution in [0.2, 0.25) is 0 Å². The van der Waals surface area contributed by atoms with E-state index in [1.54, 1.807) is 0 Å². The van der Waals surface area contributed by atoms with Crippen LogP contribution in [0.5, 0.6) is 5.75 Å². The molecule has 1 saturated heterocycles. The third-order valence-corrected chi connectivity index (χ3v) is 4.35. The standard InChI is InChI=1S/C20H30N2O3/c1-20(2,3)19(24)22-13-11-16(12-14-22)21-18(23)10-7-15-25-17-8-5-4-6-9-17/h4-6,8-9,16H,7,10-15H2,1-3H3,(H,21,23). The summed E-state index contributed by atoms with van der Waals surface area (Å²) < 4.78 is 5.59. The van der Waals surface area contributed by atoms with Crippen LogP contribution in [-0.4, -0.2) is 42.5 Å². The number of carbonyl (C=O) groups excluding carboxylic acids is 2. The van der Waals surface area contributed by atoms with Crippen molar-refractivity contribution in [2.75, 3.05) is 19.7 Å². The number of hydrogen-bond donors (Lipinski definition) is 1. The predicted molar refractivity (Wildman–Crippen MR) is 98.4 cm³/mol. The van der Waals surface area contributed by atoms with Crippen LogP contribution in [-0.2, 0) is 9.59 Å². The van der Waals surface area contributed by atoms with E-state index in [4.69, 9.17) is 4.74 Å². The molecule has 1 aliphatic heterocycles. The summed E-state index contributed by atoms with van der Waals surface area (Å²) in [7, 11) is 0. The van der Waals surface area contributed by atoms with E-state index in [-0.39, 0.29) is 23.3 Å². The molecular weight excluding hydrogens is 316 g/mol. The Morgan fingerprint density at radius 2 is 1.80 bits per heavy atom. The molecule has 0 saturated carbocycles. The van der Waals surface area contributed by atoms with Gasteiger partial charge in [-0.1, -0.05) is 39.0 Å². The molecule has 1 aliphatic rings. The Morgan fingerprint density at radius 3 is 2.40 bits per heavy atom. The van der Waals surface area contributed by atoms with Gasteiger partial charge in [0.1, 0.15) is 5.75 Å². The zero-order chi connectivity index (χ0) is 18.3. The van der Waals surface area contributed by atoms with Crippen molar-refractivity contribution in [2.24, 2.45) is 5.41 Å². The van der Waals surface area contributed by atoms with Crippen molar-refractivity contribution in [3.8, 4) is 5.75 Å². The van der Waals surface area contributed by atoms with E-state index < -0.39 is 0 Å². The van der Waals surface area contributed by atoms with Crippen LogP contribution >= 0.6 is 0 Å². The van der Waals surface area contributed by atoms with Crippen molar-refractivity contribution in [1.29, 1.82) is 0 Å². The molecule has 2 amide bonds. The van der Waals surface area contributed by atoms with Gasteiger partial charge in [-0.25, -0.2) is 0 Å². The zero-order valence-electron chi connectivity index (χ0n) is 15.6. The summed E-state index contributed by atoms with van der Waals surface area (Å²) in [6, 6.07) is 9.80. The molecule has 1 heterocycles. The molecule has 1 fully saturated rings. The number of nitrogens with one attached hydrogen (secondary N) is 1. The summed E-state index contributed by atoms with van der Waals surface area (Å²) in [6.45, 7) is 7.81. The quantitative estimate of drug-likeness (QED) is 0.806. The van der Waals surface area contributed by atoms with Gasteiger partial charge in [0.2, 0.25) is 11.8 Å². The first kappa shape index (κ1) is 19.3. The van der Waals surface area contributed by atoms with Gasteiger partial charge in [-0.2, -0.15) is 0 Å². The topological polar surface area (TPSA) is 58.6 Å². The summed E-state index contributed by atoms with van der Waals surface area (Å²) in [4.78, 5) is 26.2. The number of amides is 2. The molecule has 25 heavy (non-hydrogen) atoms. The zero-order valence-corrected chi connectivity index (χ0v) is 15.6. The Balaban J connectivity index is 1.61. The second-order valence-corrected chi connectivity index (χ2v) is 7.65. The second kappa shape index (κ2) is 8.88. The molecule has 0 unspecified atom stereocenters. The molecule has 0 atom stereocenters. The highest BCUT2D eigenvalue weighted by Gasteiger charge is 2.30. The average Bonchev–Trinajstić information content (AvgIpc) is 2.59. The second-order valence-electron chi connectivity index (χ2n) is 7.65. The van der Waals surface area contributed by atoms with E-state index in [1.807, 2.05) is 56.0 Å². The lowest BCUT2D eigenvalue weighted by molar-refractivity contribution is -0.140. The van der Waals surface area contributed by atoms with Crippen molar-refractivity contribution < 1.29 is 14.3 Å².